The van der Waals surface area contributed by atoms with Gasteiger partial charge in [0.25, 0.3) is 0 Å². The van der Waals surface area contributed by atoms with Gasteiger partial charge >= 0.3 is 6.03 Å². The Morgan fingerprint density at radius 1 is 1.09 bits per heavy atom. The Morgan fingerprint density at radius 2 is 1.83 bits per heavy atom. The number of urea groups is 1. The number of anilines is 3. The number of carbonyl (C=O) groups is 2. The summed E-state index contributed by atoms with van der Waals surface area (Å²) in [6.45, 7) is 0.531. The van der Waals surface area contributed by atoms with Crippen molar-refractivity contribution in [1.29, 1.82) is 0 Å². The van der Waals surface area contributed by atoms with Crippen molar-refractivity contribution in [3.05, 3.63) is 71.9 Å². The fourth-order valence-corrected chi connectivity index (χ4v) is 4.56. The van der Waals surface area contributed by atoms with Crippen LogP contribution >= 0.6 is 11.6 Å². The van der Waals surface area contributed by atoms with Crippen molar-refractivity contribution in [2.45, 2.75) is 18.9 Å². The molecule has 0 spiro atoms. The van der Waals surface area contributed by atoms with E-state index in [1.807, 2.05) is 36.4 Å². The molecule has 1 fully saturated rings. The van der Waals surface area contributed by atoms with Gasteiger partial charge < -0.3 is 10.2 Å². The second-order valence-corrected chi connectivity index (χ2v) is 10.3. The number of hydrogen-bond acceptors (Lipinski definition) is 5. The van der Waals surface area contributed by atoms with Gasteiger partial charge in [0.05, 0.1) is 17.0 Å². The van der Waals surface area contributed by atoms with Gasteiger partial charge in [0.1, 0.15) is 11.9 Å². The van der Waals surface area contributed by atoms with Gasteiger partial charge in [0, 0.05) is 24.0 Å². The number of hydrogen-bond donors (Lipinski definition) is 3. The van der Waals surface area contributed by atoms with E-state index in [9.17, 15) is 18.0 Å². The maximum atomic E-state index is 13.1. The zero-order valence-electron chi connectivity index (χ0n) is 18.9. The number of benzene rings is 2. The van der Waals surface area contributed by atoms with E-state index >= 15 is 0 Å². The number of amides is 3. The number of para-hydroxylation sites is 1. The molecule has 0 saturated carbocycles. The average molecular weight is 514 g/mol. The monoisotopic (exact) mass is 513 g/mol. The summed E-state index contributed by atoms with van der Waals surface area (Å²) in [7, 11) is -3.43. The van der Waals surface area contributed by atoms with E-state index in [0.717, 1.165) is 23.8 Å². The van der Waals surface area contributed by atoms with Gasteiger partial charge in [0.15, 0.2) is 0 Å². The Balaban J connectivity index is 1.45. The number of pyridine rings is 1. The van der Waals surface area contributed by atoms with Crippen molar-refractivity contribution < 1.29 is 18.0 Å². The summed E-state index contributed by atoms with van der Waals surface area (Å²) < 4.78 is 25.9. The SMILES string of the molecule is CS(=O)(=O)Nc1ccccc1-c1ccc(N2CCC[C@@H](NC(=O)Nc3ccc(Cl)cn3)C2=O)cc1. The lowest BCUT2D eigenvalue weighted by Crippen LogP contribution is -2.53. The molecule has 2 heterocycles. The van der Waals surface area contributed by atoms with E-state index in [2.05, 4.69) is 20.3 Å². The molecule has 3 N–H and O–H groups in total. The van der Waals surface area contributed by atoms with E-state index in [1.165, 1.54) is 6.20 Å². The molecular formula is C24H24ClN5O4S. The van der Waals surface area contributed by atoms with E-state index in [1.54, 1.807) is 29.2 Å². The molecule has 11 heteroatoms. The third kappa shape index (κ3) is 6.28. The van der Waals surface area contributed by atoms with Crippen LogP contribution in [-0.4, -0.2) is 44.2 Å². The molecule has 4 rings (SSSR count). The third-order valence-electron chi connectivity index (χ3n) is 5.43. The quantitative estimate of drug-likeness (QED) is 0.458. The van der Waals surface area contributed by atoms with Crippen molar-refractivity contribution in [3.63, 3.8) is 0 Å². The second-order valence-electron chi connectivity index (χ2n) is 8.11. The number of nitrogens with one attached hydrogen (secondary N) is 3. The van der Waals surface area contributed by atoms with Crippen LogP contribution in [0.2, 0.25) is 5.02 Å². The molecule has 1 aliphatic heterocycles. The van der Waals surface area contributed by atoms with E-state index < -0.39 is 22.1 Å². The molecule has 182 valence electrons. The van der Waals surface area contributed by atoms with Crippen molar-refractivity contribution in [2.75, 3.05) is 27.7 Å². The average Bonchev–Trinajstić information content (AvgIpc) is 2.81. The highest BCUT2D eigenvalue weighted by molar-refractivity contribution is 7.92. The van der Waals surface area contributed by atoms with Gasteiger partial charge in [0.2, 0.25) is 15.9 Å². The van der Waals surface area contributed by atoms with Crippen molar-refractivity contribution in [3.8, 4) is 11.1 Å². The minimum absolute atomic E-state index is 0.206. The number of carbonyl (C=O) groups excluding carboxylic acids is 2. The summed E-state index contributed by atoms with van der Waals surface area (Å²) >= 11 is 5.81. The largest absolute Gasteiger partial charge is 0.326 e. The van der Waals surface area contributed by atoms with Gasteiger partial charge in [-0.2, -0.15) is 0 Å². The fourth-order valence-electron chi connectivity index (χ4n) is 3.87. The molecule has 35 heavy (non-hydrogen) atoms. The minimum Gasteiger partial charge on any atom is -0.326 e. The van der Waals surface area contributed by atoms with E-state index in [-0.39, 0.29) is 5.91 Å². The first-order valence-corrected chi connectivity index (χ1v) is 13.1. The van der Waals surface area contributed by atoms with Crippen LogP contribution in [0.25, 0.3) is 11.1 Å². The molecule has 0 unspecified atom stereocenters. The maximum absolute atomic E-state index is 13.1. The van der Waals surface area contributed by atoms with Crippen LogP contribution in [0.3, 0.4) is 0 Å². The lowest BCUT2D eigenvalue weighted by atomic mass is 10.0. The van der Waals surface area contributed by atoms with Crippen LogP contribution in [0.15, 0.2) is 66.9 Å². The van der Waals surface area contributed by atoms with Crippen LogP contribution in [-0.2, 0) is 14.8 Å². The zero-order chi connectivity index (χ0) is 25.0. The van der Waals surface area contributed by atoms with Crippen LogP contribution in [0, 0.1) is 0 Å². The molecule has 1 aromatic heterocycles. The smallest absolute Gasteiger partial charge is 0.321 e. The van der Waals surface area contributed by atoms with Gasteiger partial charge in [-0.05, 0) is 48.7 Å². The van der Waals surface area contributed by atoms with Crippen LogP contribution in [0.5, 0.6) is 0 Å². The Hall–Kier alpha value is -3.63. The van der Waals surface area contributed by atoms with Crippen LogP contribution in [0.1, 0.15) is 12.8 Å². The molecule has 9 nitrogen and oxygen atoms in total. The summed E-state index contributed by atoms with van der Waals surface area (Å²) in [6.07, 6.45) is 3.77. The molecule has 1 atom stereocenters. The van der Waals surface area contributed by atoms with Crippen LogP contribution < -0.4 is 20.3 Å². The summed E-state index contributed by atoms with van der Waals surface area (Å²) in [5, 5.41) is 5.77. The second kappa shape index (κ2) is 10.3. The Kier molecular flexibility index (Phi) is 7.23. The zero-order valence-corrected chi connectivity index (χ0v) is 20.4. The molecule has 3 amide bonds. The van der Waals surface area contributed by atoms with Gasteiger partial charge in [-0.3, -0.25) is 14.8 Å². The van der Waals surface area contributed by atoms with Crippen molar-refractivity contribution in [2.24, 2.45) is 0 Å². The molecule has 0 radical (unpaired) electrons. The topological polar surface area (TPSA) is 120 Å². The molecule has 1 aliphatic rings. The predicted molar refractivity (Wildman–Crippen MR) is 137 cm³/mol. The molecule has 1 saturated heterocycles. The Morgan fingerprint density at radius 3 is 2.51 bits per heavy atom. The normalized spacial score (nSPS) is 16.0. The summed E-state index contributed by atoms with van der Waals surface area (Å²) in [5.74, 6) is 0.121. The Labute approximate surface area is 208 Å². The van der Waals surface area contributed by atoms with Crippen molar-refractivity contribution >= 4 is 50.8 Å². The number of sulfonamides is 1. The summed E-state index contributed by atoms with van der Waals surface area (Å²) in [4.78, 5) is 31.1. The standard InChI is InChI=1S/C24H24ClN5O4S/c1-35(33,34)29-20-6-3-2-5-19(20)16-8-11-18(12-9-16)30-14-4-7-21(23(30)31)27-24(32)28-22-13-10-17(25)15-26-22/h2-3,5-6,8-13,15,21,29H,4,7,14H2,1H3,(H2,26,27,28,32)/t21-/m1/s1. The molecule has 0 aliphatic carbocycles. The fraction of sp³-hybridized carbons (Fsp3) is 0.208. The molecular weight excluding hydrogens is 490 g/mol. The highest BCUT2D eigenvalue weighted by Crippen LogP contribution is 2.31. The number of rotatable bonds is 6. The maximum Gasteiger partial charge on any atom is 0.321 e. The lowest BCUT2D eigenvalue weighted by molar-refractivity contribution is -0.121. The van der Waals surface area contributed by atoms with E-state index in [4.69, 9.17) is 11.6 Å². The third-order valence-corrected chi connectivity index (χ3v) is 6.24. The minimum atomic E-state index is -3.43. The first kappa shape index (κ1) is 24.5. The Bertz CT molecular complexity index is 1330. The molecule has 0 bridgehead atoms. The summed E-state index contributed by atoms with van der Waals surface area (Å²) in [6, 6.07) is 16.4. The highest BCUT2D eigenvalue weighted by Gasteiger charge is 2.31. The number of aromatic nitrogens is 1. The number of halogens is 1. The predicted octanol–water partition coefficient (Wildman–Crippen LogP) is 4.09. The van der Waals surface area contributed by atoms with Gasteiger partial charge in [-0.25, -0.2) is 18.2 Å². The first-order chi connectivity index (χ1) is 16.7. The molecule has 3 aromatic rings. The van der Waals surface area contributed by atoms with Crippen LogP contribution in [0.4, 0.5) is 22.0 Å². The summed E-state index contributed by atoms with van der Waals surface area (Å²) in [5.41, 5.74) is 2.69. The number of nitrogens with zero attached hydrogens (tertiary/aromatic N) is 2. The molecule has 2 aromatic carbocycles. The number of piperidine rings is 1. The van der Waals surface area contributed by atoms with Gasteiger partial charge in [-0.1, -0.05) is 41.9 Å². The highest BCUT2D eigenvalue weighted by atomic mass is 35.5. The van der Waals surface area contributed by atoms with Gasteiger partial charge in [-0.15, -0.1) is 0 Å². The lowest BCUT2D eigenvalue weighted by Gasteiger charge is -2.32. The van der Waals surface area contributed by atoms with E-state index in [0.29, 0.717) is 35.2 Å². The van der Waals surface area contributed by atoms with Crippen molar-refractivity contribution in [1.82, 2.24) is 10.3 Å². The first-order valence-electron chi connectivity index (χ1n) is 10.9.